The zero-order chi connectivity index (χ0) is 25.8. The number of benzene rings is 3. The number of nitrogens with zero attached hydrogens (tertiary/aromatic N) is 4. The van der Waals surface area contributed by atoms with E-state index in [2.05, 4.69) is 31.3 Å². The van der Waals surface area contributed by atoms with Crippen LogP contribution in [0.5, 0.6) is 5.75 Å². The predicted molar refractivity (Wildman–Crippen MR) is 140 cm³/mol. The lowest BCUT2D eigenvalue weighted by Crippen LogP contribution is -2.21. The van der Waals surface area contributed by atoms with E-state index >= 15 is 0 Å². The maximum atomic E-state index is 12.9. The standard InChI is InChI=1S/C25H20BrN5O5/c1-15-5-3-4-6-20(15)29-24(32)14-36-23-10-7-17(11-22(23)31(34)35)13-27-30-16(2)28-21-9-8-18(26)12-19(21)25(30)33/h3-13H,14H2,1-2H3,(H,29,32). The first kappa shape index (κ1) is 24.7. The summed E-state index contributed by atoms with van der Waals surface area (Å²) >= 11 is 3.34. The Morgan fingerprint density at radius 1 is 1.19 bits per heavy atom. The average Bonchev–Trinajstić information content (AvgIpc) is 2.85. The molecule has 1 heterocycles. The monoisotopic (exact) mass is 549 g/mol. The van der Waals surface area contributed by atoms with Crippen LogP contribution in [0, 0.1) is 24.0 Å². The molecule has 0 bridgehead atoms. The molecule has 0 radical (unpaired) electrons. The fourth-order valence-electron chi connectivity index (χ4n) is 3.44. The summed E-state index contributed by atoms with van der Waals surface area (Å²) in [5, 5.41) is 18.9. The van der Waals surface area contributed by atoms with Gasteiger partial charge < -0.3 is 10.1 Å². The number of aromatic nitrogens is 2. The van der Waals surface area contributed by atoms with Crippen LogP contribution in [0.25, 0.3) is 10.9 Å². The number of para-hydroxylation sites is 1. The van der Waals surface area contributed by atoms with Crippen molar-refractivity contribution in [2.24, 2.45) is 5.10 Å². The van der Waals surface area contributed by atoms with Gasteiger partial charge in [0.25, 0.3) is 11.5 Å². The third-order valence-electron chi connectivity index (χ3n) is 5.25. The molecule has 0 saturated carbocycles. The van der Waals surface area contributed by atoms with Gasteiger partial charge in [-0.15, -0.1) is 0 Å². The SMILES string of the molecule is Cc1ccccc1NC(=O)COc1ccc(C=Nn2c(C)nc3ccc(Br)cc3c2=O)cc1[N+](=O)[O-]. The maximum Gasteiger partial charge on any atom is 0.311 e. The third kappa shape index (κ3) is 5.47. The summed E-state index contributed by atoms with van der Waals surface area (Å²) in [6, 6.07) is 16.6. The number of aryl methyl sites for hydroxylation is 2. The molecule has 182 valence electrons. The van der Waals surface area contributed by atoms with Gasteiger partial charge in [-0.3, -0.25) is 19.7 Å². The van der Waals surface area contributed by atoms with Crippen molar-refractivity contribution in [2.45, 2.75) is 13.8 Å². The second kappa shape index (κ2) is 10.5. The van der Waals surface area contributed by atoms with Crippen LogP contribution in [0.2, 0.25) is 0 Å². The van der Waals surface area contributed by atoms with Gasteiger partial charge in [-0.2, -0.15) is 9.78 Å². The van der Waals surface area contributed by atoms with Crippen molar-refractivity contribution in [1.29, 1.82) is 0 Å². The molecule has 0 aliphatic heterocycles. The summed E-state index contributed by atoms with van der Waals surface area (Å²) in [5.41, 5.74) is 1.70. The van der Waals surface area contributed by atoms with Crippen LogP contribution in [0.15, 0.2) is 75.0 Å². The normalized spacial score (nSPS) is 11.1. The Balaban J connectivity index is 1.54. The summed E-state index contributed by atoms with van der Waals surface area (Å²) in [4.78, 5) is 40.5. The lowest BCUT2D eigenvalue weighted by molar-refractivity contribution is -0.385. The molecule has 0 saturated heterocycles. The maximum absolute atomic E-state index is 12.9. The second-order valence-corrected chi connectivity index (χ2v) is 8.73. The Bertz CT molecular complexity index is 1580. The van der Waals surface area contributed by atoms with E-state index < -0.39 is 17.4 Å². The molecule has 1 N–H and O–H groups in total. The smallest absolute Gasteiger partial charge is 0.311 e. The number of fused-ring (bicyclic) bond motifs is 1. The van der Waals surface area contributed by atoms with Crippen molar-refractivity contribution in [3.63, 3.8) is 0 Å². The molecule has 1 amide bonds. The van der Waals surface area contributed by atoms with Crippen LogP contribution in [0.4, 0.5) is 11.4 Å². The van der Waals surface area contributed by atoms with Crippen molar-refractivity contribution >= 4 is 50.3 Å². The molecule has 4 rings (SSSR count). The van der Waals surface area contributed by atoms with Gasteiger partial charge >= 0.3 is 5.69 Å². The van der Waals surface area contributed by atoms with Gasteiger partial charge in [0.2, 0.25) is 0 Å². The number of hydrogen-bond donors (Lipinski definition) is 1. The Kier molecular flexibility index (Phi) is 7.20. The molecule has 0 atom stereocenters. The number of rotatable bonds is 7. The van der Waals surface area contributed by atoms with Crippen molar-refractivity contribution in [3.8, 4) is 5.75 Å². The minimum Gasteiger partial charge on any atom is -0.477 e. The molecule has 3 aromatic carbocycles. The molecule has 0 spiro atoms. The number of hydrogen-bond acceptors (Lipinski definition) is 7. The lowest BCUT2D eigenvalue weighted by atomic mass is 10.2. The lowest BCUT2D eigenvalue weighted by Gasteiger charge is -2.10. The molecular formula is C25H20BrN5O5. The largest absolute Gasteiger partial charge is 0.477 e. The van der Waals surface area contributed by atoms with E-state index in [1.807, 2.05) is 19.1 Å². The van der Waals surface area contributed by atoms with E-state index in [1.165, 1.54) is 24.4 Å². The number of anilines is 1. The highest BCUT2D eigenvalue weighted by atomic mass is 79.9. The number of carbonyl (C=O) groups excluding carboxylic acids is 1. The zero-order valence-corrected chi connectivity index (χ0v) is 20.9. The van der Waals surface area contributed by atoms with Crippen molar-refractivity contribution in [2.75, 3.05) is 11.9 Å². The highest BCUT2D eigenvalue weighted by Crippen LogP contribution is 2.27. The van der Waals surface area contributed by atoms with Gasteiger partial charge in [0.1, 0.15) is 5.82 Å². The van der Waals surface area contributed by atoms with Crippen LogP contribution in [0.3, 0.4) is 0 Å². The first-order chi connectivity index (χ1) is 17.2. The predicted octanol–water partition coefficient (Wildman–Crippen LogP) is 4.58. The van der Waals surface area contributed by atoms with Gasteiger partial charge in [-0.1, -0.05) is 34.1 Å². The van der Waals surface area contributed by atoms with E-state index in [1.54, 1.807) is 37.3 Å². The van der Waals surface area contributed by atoms with Gasteiger partial charge in [0, 0.05) is 21.8 Å². The fraction of sp³-hybridized carbons (Fsp3) is 0.120. The molecule has 0 fully saturated rings. The fourth-order valence-corrected chi connectivity index (χ4v) is 3.80. The molecule has 0 unspecified atom stereocenters. The Morgan fingerprint density at radius 2 is 1.97 bits per heavy atom. The third-order valence-corrected chi connectivity index (χ3v) is 5.74. The molecule has 10 nitrogen and oxygen atoms in total. The van der Waals surface area contributed by atoms with Crippen LogP contribution in [-0.2, 0) is 4.79 Å². The molecule has 0 aliphatic rings. The second-order valence-electron chi connectivity index (χ2n) is 7.82. The molecule has 36 heavy (non-hydrogen) atoms. The van der Waals surface area contributed by atoms with Gasteiger partial charge in [-0.25, -0.2) is 4.98 Å². The average molecular weight is 550 g/mol. The molecule has 11 heteroatoms. The summed E-state index contributed by atoms with van der Waals surface area (Å²) in [6.45, 7) is 3.08. The number of nitro groups is 1. The van der Waals surface area contributed by atoms with Gasteiger partial charge in [0.05, 0.1) is 22.0 Å². The Hall–Kier alpha value is -4.38. The van der Waals surface area contributed by atoms with Crippen LogP contribution in [-0.4, -0.2) is 33.3 Å². The number of carbonyl (C=O) groups is 1. The van der Waals surface area contributed by atoms with E-state index in [0.717, 1.165) is 14.7 Å². The number of halogens is 1. The summed E-state index contributed by atoms with van der Waals surface area (Å²) in [6.07, 6.45) is 1.32. The first-order valence-electron chi connectivity index (χ1n) is 10.7. The van der Waals surface area contributed by atoms with Gasteiger partial charge in [0.15, 0.2) is 12.4 Å². The first-order valence-corrected chi connectivity index (χ1v) is 11.5. The quantitative estimate of drug-likeness (QED) is 0.204. The topological polar surface area (TPSA) is 129 Å². The minimum absolute atomic E-state index is 0.0670. The van der Waals surface area contributed by atoms with Crippen molar-refractivity contribution in [1.82, 2.24) is 9.66 Å². The minimum atomic E-state index is -0.613. The number of nitro benzene ring substituents is 1. The number of amides is 1. The summed E-state index contributed by atoms with van der Waals surface area (Å²) < 4.78 is 7.27. The Morgan fingerprint density at radius 3 is 2.72 bits per heavy atom. The molecule has 1 aromatic heterocycles. The van der Waals surface area contributed by atoms with Crippen LogP contribution < -0.4 is 15.6 Å². The highest BCUT2D eigenvalue weighted by molar-refractivity contribution is 9.10. The molecule has 0 aliphatic carbocycles. The Labute approximate surface area is 213 Å². The number of nitrogens with one attached hydrogen (secondary N) is 1. The van der Waals surface area contributed by atoms with E-state index in [-0.39, 0.29) is 17.0 Å². The highest BCUT2D eigenvalue weighted by Gasteiger charge is 2.17. The van der Waals surface area contributed by atoms with Crippen molar-refractivity contribution in [3.05, 3.63) is 103 Å². The summed E-state index contributed by atoms with van der Waals surface area (Å²) in [5.74, 6) is -0.155. The molecule has 4 aromatic rings. The van der Waals surface area contributed by atoms with E-state index in [9.17, 15) is 19.7 Å². The van der Waals surface area contributed by atoms with Crippen LogP contribution in [0.1, 0.15) is 17.0 Å². The van der Waals surface area contributed by atoms with Crippen LogP contribution >= 0.6 is 15.9 Å². The molecular weight excluding hydrogens is 530 g/mol. The summed E-state index contributed by atoms with van der Waals surface area (Å²) in [7, 11) is 0. The zero-order valence-electron chi connectivity index (χ0n) is 19.3. The van der Waals surface area contributed by atoms with E-state index in [4.69, 9.17) is 4.74 Å². The van der Waals surface area contributed by atoms with Gasteiger partial charge in [-0.05, 0) is 55.8 Å². The number of ether oxygens (including phenoxy) is 1. The van der Waals surface area contributed by atoms with E-state index in [0.29, 0.717) is 28.0 Å². The van der Waals surface area contributed by atoms with Crippen molar-refractivity contribution < 1.29 is 14.5 Å².